The van der Waals surface area contributed by atoms with Gasteiger partial charge in [0.1, 0.15) is 11.6 Å². The Labute approximate surface area is 129 Å². The van der Waals surface area contributed by atoms with E-state index in [2.05, 4.69) is 37.7 Å². The maximum Gasteiger partial charge on any atom is 0.134 e. The van der Waals surface area contributed by atoms with Gasteiger partial charge in [0.2, 0.25) is 0 Å². The number of methoxy groups -OCH3 is 1. The lowest BCUT2D eigenvalue weighted by atomic mass is 10.1. The largest absolute Gasteiger partial charge is 0.497 e. The van der Waals surface area contributed by atoms with Crippen molar-refractivity contribution >= 4 is 43.9 Å². The fourth-order valence-electron chi connectivity index (χ4n) is 2.04. The first-order valence-electron chi connectivity index (χ1n) is 6.16. The van der Waals surface area contributed by atoms with Gasteiger partial charge in [-0.25, -0.2) is 4.98 Å². The van der Waals surface area contributed by atoms with Crippen molar-refractivity contribution in [2.75, 3.05) is 12.4 Å². The van der Waals surface area contributed by atoms with E-state index in [-0.39, 0.29) is 0 Å². The number of hydrogen-bond donors (Lipinski definition) is 1. The summed E-state index contributed by atoms with van der Waals surface area (Å²) in [5.74, 6) is 1.76. The van der Waals surface area contributed by atoms with Crippen LogP contribution in [0.2, 0.25) is 0 Å². The molecule has 0 amide bonds. The molecule has 1 aromatic carbocycles. The highest BCUT2D eigenvalue weighted by Gasteiger charge is 2.04. The molecule has 2 aromatic heterocycles. The first-order chi connectivity index (χ1) is 9.76. The van der Waals surface area contributed by atoms with Crippen LogP contribution in [0.1, 0.15) is 4.88 Å². The van der Waals surface area contributed by atoms with E-state index >= 15 is 0 Å². The normalized spacial score (nSPS) is 10.7. The Bertz CT molecular complexity index is 742. The maximum absolute atomic E-state index is 5.25. The van der Waals surface area contributed by atoms with Crippen LogP contribution in [-0.2, 0) is 6.54 Å². The number of fused-ring (bicyclic) bond motifs is 1. The first-order valence-corrected chi connectivity index (χ1v) is 7.83. The number of thiophene rings is 1. The summed E-state index contributed by atoms with van der Waals surface area (Å²) in [5, 5.41) is 7.69. The number of hydrogen-bond acceptors (Lipinski definition) is 4. The van der Waals surface area contributed by atoms with Crippen molar-refractivity contribution in [1.82, 2.24) is 4.98 Å². The summed E-state index contributed by atoms with van der Waals surface area (Å²) in [6.45, 7) is 0.772. The second kappa shape index (κ2) is 5.81. The number of pyridine rings is 1. The molecule has 3 rings (SSSR count). The molecule has 0 bridgehead atoms. The lowest BCUT2D eigenvalue weighted by Crippen LogP contribution is -2.00. The van der Waals surface area contributed by atoms with E-state index in [1.165, 1.54) is 4.88 Å². The van der Waals surface area contributed by atoms with E-state index in [0.29, 0.717) is 0 Å². The van der Waals surface area contributed by atoms with Crippen LogP contribution >= 0.6 is 27.3 Å². The molecule has 0 aliphatic heterocycles. The summed E-state index contributed by atoms with van der Waals surface area (Å²) in [6, 6.07) is 10.1. The number of nitrogens with zero attached hydrogens (tertiary/aromatic N) is 1. The Morgan fingerprint density at radius 3 is 2.95 bits per heavy atom. The third-order valence-electron chi connectivity index (χ3n) is 3.02. The van der Waals surface area contributed by atoms with Gasteiger partial charge >= 0.3 is 0 Å². The topological polar surface area (TPSA) is 34.1 Å². The maximum atomic E-state index is 5.25. The van der Waals surface area contributed by atoms with Gasteiger partial charge in [0, 0.05) is 26.3 Å². The molecule has 0 aliphatic carbocycles. The average molecular weight is 349 g/mol. The second-order valence-electron chi connectivity index (χ2n) is 4.33. The molecule has 0 radical (unpaired) electrons. The van der Waals surface area contributed by atoms with E-state index in [1.807, 2.05) is 30.5 Å². The standard InChI is InChI=1S/C15H13BrN2OS/c1-19-12-2-3-14-10(6-12)4-5-17-15(14)18-8-13-7-11(16)9-20-13/h2-7,9H,8H2,1H3,(H,17,18). The molecule has 102 valence electrons. The molecule has 3 aromatic rings. The number of aromatic nitrogens is 1. The van der Waals surface area contributed by atoms with E-state index in [0.717, 1.165) is 33.4 Å². The predicted molar refractivity (Wildman–Crippen MR) is 87.6 cm³/mol. The van der Waals surface area contributed by atoms with Gasteiger partial charge in [-0.05, 0) is 51.6 Å². The van der Waals surface area contributed by atoms with Crippen molar-refractivity contribution in [1.29, 1.82) is 0 Å². The molecular weight excluding hydrogens is 336 g/mol. The molecule has 0 saturated carbocycles. The molecule has 2 heterocycles. The minimum atomic E-state index is 0.772. The van der Waals surface area contributed by atoms with Crippen molar-refractivity contribution in [3.63, 3.8) is 0 Å². The Morgan fingerprint density at radius 2 is 2.20 bits per heavy atom. The van der Waals surface area contributed by atoms with Crippen molar-refractivity contribution in [3.05, 3.63) is 51.3 Å². The van der Waals surface area contributed by atoms with Gasteiger partial charge in [0.25, 0.3) is 0 Å². The second-order valence-corrected chi connectivity index (χ2v) is 6.24. The highest BCUT2D eigenvalue weighted by Crippen LogP contribution is 2.26. The molecule has 0 atom stereocenters. The van der Waals surface area contributed by atoms with Crippen molar-refractivity contribution in [2.45, 2.75) is 6.54 Å². The summed E-state index contributed by atoms with van der Waals surface area (Å²) in [5.41, 5.74) is 0. The van der Waals surface area contributed by atoms with Gasteiger partial charge in [-0.3, -0.25) is 0 Å². The van der Waals surface area contributed by atoms with Crippen LogP contribution in [-0.4, -0.2) is 12.1 Å². The molecule has 0 saturated heterocycles. The van der Waals surface area contributed by atoms with Crippen LogP contribution in [0.4, 0.5) is 5.82 Å². The van der Waals surface area contributed by atoms with Crippen molar-refractivity contribution in [2.24, 2.45) is 0 Å². The molecule has 1 N–H and O–H groups in total. The van der Waals surface area contributed by atoms with Crippen LogP contribution in [0.5, 0.6) is 5.75 Å². The molecule has 0 aliphatic rings. The monoisotopic (exact) mass is 348 g/mol. The van der Waals surface area contributed by atoms with Crippen molar-refractivity contribution in [3.8, 4) is 5.75 Å². The summed E-state index contributed by atoms with van der Waals surface area (Å²) >= 11 is 5.19. The zero-order valence-electron chi connectivity index (χ0n) is 10.9. The van der Waals surface area contributed by atoms with E-state index in [1.54, 1.807) is 18.4 Å². The summed E-state index contributed by atoms with van der Waals surface area (Å²) in [6.07, 6.45) is 1.81. The summed E-state index contributed by atoms with van der Waals surface area (Å²) in [4.78, 5) is 5.69. The van der Waals surface area contributed by atoms with E-state index in [4.69, 9.17) is 4.74 Å². The number of rotatable bonds is 4. The fraction of sp³-hybridized carbons (Fsp3) is 0.133. The summed E-state index contributed by atoms with van der Waals surface area (Å²) < 4.78 is 6.37. The lowest BCUT2D eigenvalue weighted by Gasteiger charge is -2.08. The van der Waals surface area contributed by atoms with Gasteiger partial charge in [-0.15, -0.1) is 11.3 Å². The SMILES string of the molecule is COc1ccc2c(NCc3cc(Br)cs3)nccc2c1. The zero-order valence-corrected chi connectivity index (χ0v) is 13.3. The van der Waals surface area contributed by atoms with Crippen LogP contribution in [0, 0.1) is 0 Å². The van der Waals surface area contributed by atoms with Gasteiger partial charge in [-0.2, -0.15) is 0 Å². The van der Waals surface area contributed by atoms with Crippen LogP contribution in [0.3, 0.4) is 0 Å². The Morgan fingerprint density at radius 1 is 1.30 bits per heavy atom. The minimum absolute atomic E-state index is 0.772. The Hall–Kier alpha value is -1.59. The van der Waals surface area contributed by atoms with E-state index < -0.39 is 0 Å². The Balaban J connectivity index is 1.87. The molecular formula is C15H13BrN2OS. The van der Waals surface area contributed by atoms with Gasteiger partial charge in [-0.1, -0.05) is 0 Å². The number of halogens is 1. The summed E-state index contributed by atoms with van der Waals surface area (Å²) in [7, 11) is 1.68. The van der Waals surface area contributed by atoms with Crippen LogP contribution < -0.4 is 10.1 Å². The van der Waals surface area contributed by atoms with Crippen LogP contribution in [0.15, 0.2) is 46.4 Å². The van der Waals surface area contributed by atoms with Crippen molar-refractivity contribution < 1.29 is 4.74 Å². The highest BCUT2D eigenvalue weighted by molar-refractivity contribution is 9.10. The third kappa shape index (κ3) is 2.78. The number of ether oxygens (including phenoxy) is 1. The number of benzene rings is 1. The molecule has 0 fully saturated rings. The van der Waals surface area contributed by atoms with Crippen LogP contribution in [0.25, 0.3) is 10.8 Å². The van der Waals surface area contributed by atoms with Gasteiger partial charge in [0.15, 0.2) is 0 Å². The first kappa shape index (κ1) is 13.4. The third-order valence-corrected chi connectivity index (χ3v) is 4.72. The zero-order chi connectivity index (χ0) is 13.9. The molecule has 0 spiro atoms. The molecule has 3 nitrogen and oxygen atoms in total. The fourth-order valence-corrected chi connectivity index (χ4v) is 3.43. The van der Waals surface area contributed by atoms with E-state index in [9.17, 15) is 0 Å². The average Bonchev–Trinajstić information content (AvgIpc) is 2.90. The highest BCUT2D eigenvalue weighted by atomic mass is 79.9. The molecule has 5 heteroatoms. The number of anilines is 1. The quantitative estimate of drug-likeness (QED) is 0.743. The number of nitrogens with one attached hydrogen (secondary N) is 1. The van der Waals surface area contributed by atoms with Gasteiger partial charge in [0.05, 0.1) is 13.7 Å². The van der Waals surface area contributed by atoms with Gasteiger partial charge < -0.3 is 10.1 Å². The minimum Gasteiger partial charge on any atom is -0.497 e. The smallest absolute Gasteiger partial charge is 0.134 e. The molecule has 0 unspecified atom stereocenters. The molecule has 20 heavy (non-hydrogen) atoms. The predicted octanol–water partition coefficient (Wildman–Crippen LogP) is 4.68. The lowest BCUT2D eigenvalue weighted by molar-refractivity contribution is 0.415. The Kier molecular flexibility index (Phi) is 3.89.